The van der Waals surface area contributed by atoms with E-state index in [4.69, 9.17) is 0 Å². The Morgan fingerprint density at radius 1 is 1.50 bits per heavy atom. The number of nitrogens with zero attached hydrogens (tertiary/aromatic N) is 2. The zero-order valence-corrected chi connectivity index (χ0v) is 13.3. The van der Waals surface area contributed by atoms with Crippen molar-refractivity contribution in [3.8, 4) is 0 Å². The highest BCUT2D eigenvalue weighted by Gasteiger charge is 2.61. The van der Waals surface area contributed by atoms with Gasteiger partial charge in [0.2, 0.25) is 0 Å². The molecule has 3 heterocycles. The Morgan fingerprint density at radius 2 is 2.27 bits per heavy atom. The van der Waals surface area contributed by atoms with Gasteiger partial charge in [0.25, 0.3) is 0 Å². The summed E-state index contributed by atoms with van der Waals surface area (Å²) in [5.41, 5.74) is -0.156. The maximum atomic E-state index is 11.2. The van der Waals surface area contributed by atoms with Crippen LogP contribution in [0.4, 0.5) is 5.82 Å². The van der Waals surface area contributed by atoms with Gasteiger partial charge in [0, 0.05) is 40.2 Å². The molecule has 3 atom stereocenters. The van der Waals surface area contributed by atoms with Crippen LogP contribution in [0.1, 0.15) is 29.9 Å². The number of hydrogen-bond acceptors (Lipinski definition) is 5. The van der Waals surface area contributed by atoms with E-state index < -0.39 is 5.97 Å². The average molecular weight is 318 g/mol. The van der Waals surface area contributed by atoms with Crippen LogP contribution in [0.5, 0.6) is 0 Å². The molecule has 0 unspecified atom stereocenters. The first kappa shape index (κ1) is 14.0. The van der Waals surface area contributed by atoms with Gasteiger partial charge in [-0.25, -0.2) is 9.78 Å². The topological polar surface area (TPSA) is 73.7 Å². The molecule has 5 nitrogen and oxygen atoms in total. The number of aliphatic hydroxyl groups excluding tert-OH is 1. The van der Waals surface area contributed by atoms with Crippen molar-refractivity contribution < 1.29 is 15.0 Å². The van der Waals surface area contributed by atoms with Crippen molar-refractivity contribution in [2.24, 2.45) is 11.3 Å². The molecule has 6 heteroatoms. The Hall–Kier alpha value is -1.66. The molecule has 0 radical (unpaired) electrons. The van der Waals surface area contributed by atoms with Gasteiger partial charge >= 0.3 is 5.97 Å². The summed E-state index contributed by atoms with van der Waals surface area (Å²) in [6, 6.07) is 3.86. The first-order valence-corrected chi connectivity index (χ1v) is 8.29. The van der Waals surface area contributed by atoms with Crippen molar-refractivity contribution in [3.05, 3.63) is 23.2 Å². The molecular weight excluding hydrogens is 300 g/mol. The summed E-state index contributed by atoms with van der Waals surface area (Å²) in [5.74, 6) is 0.254. The number of carboxylic acids is 1. The predicted molar refractivity (Wildman–Crippen MR) is 85.6 cm³/mol. The van der Waals surface area contributed by atoms with Crippen LogP contribution in [0, 0.1) is 11.3 Å². The Balaban J connectivity index is 1.80. The van der Waals surface area contributed by atoms with Crippen LogP contribution >= 0.6 is 11.3 Å². The van der Waals surface area contributed by atoms with Gasteiger partial charge in [-0.1, -0.05) is 13.8 Å². The molecule has 22 heavy (non-hydrogen) atoms. The largest absolute Gasteiger partial charge is 0.477 e. The first-order chi connectivity index (χ1) is 10.4. The number of aromatic nitrogens is 1. The Bertz CT molecular complexity index is 770. The first-order valence-electron chi connectivity index (χ1n) is 7.48. The van der Waals surface area contributed by atoms with E-state index in [2.05, 4.69) is 23.7 Å². The van der Waals surface area contributed by atoms with E-state index in [0.29, 0.717) is 10.8 Å². The summed E-state index contributed by atoms with van der Waals surface area (Å²) in [7, 11) is 0. The van der Waals surface area contributed by atoms with Crippen molar-refractivity contribution in [2.75, 3.05) is 11.4 Å². The average Bonchev–Trinajstić information content (AvgIpc) is 3.09. The van der Waals surface area contributed by atoms with E-state index in [1.807, 2.05) is 6.07 Å². The number of carboxylic acid groups (broad SMARTS) is 1. The van der Waals surface area contributed by atoms with Crippen LogP contribution in [0.3, 0.4) is 0 Å². The highest BCUT2D eigenvalue weighted by atomic mass is 32.1. The van der Waals surface area contributed by atoms with E-state index in [9.17, 15) is 15.0 Å². The van der Waals surface area contributed by atoms with Gasteiger partial charge < -0.3 is 15.1 Å². The quantitative estimate of drug-likeness (QED) is 0.890. The Kier molecular flexibility index (Phi) is 2.81. The number of carbonyl (C=O) groups is 1. The highest BCUT2D eigenvalue weighted by molar-refractivity contribution is 7.20. The number of pyridine rings is 1. The van der Waals surface area contributed by atoms with Crippen LogP contribution in [0.2, 0.25) is 0 Å². The fourth-order valence-corrected chi connectivity index (χ4v) is 5.12. The molecule has 2 aromatic rings. The molecule has 2 fully saturated rings. The second-order valence-corrected chi connectivity index (χ2v) is 7.90. The third-order valence-electron chi connectivity index (χ3n) is 5.28. The van der Waals surface area contributed by atoms with Crippen LogP contribution in [0.25, 0.3) is 10.1 Å². The normalized spacial score (nSPS) is 29.4. The molecule has 2 aromatic heterocycles. The van der Waals surface area contributed by atoms with Crippen LogP contribution in [-0.4, -0.2) is 39.9 Å². The van der Waals surface area contributed by atoms with Crippen LogP contribution in [0.15, 0.2) is 18.3 Å². The van der Waals surface area contributed by atoms with Crippen LogP contribution in [-0.2, 0) is 0 Å². The van der Waals surface area contributed by atoms with E-state index >= 15 is 0 Å². The zero-order valence-electron chi connectivity index (χ0n) is 12.5. The minimum atomic E-state index is -0.897. The maximum absolute atomic E-state index is 11.2. The molecule has 1 aliphatic carbocycles. The fourth-order valence-electron chi connectivity index (χ4n) is 4.23. The van der Waals surface area contributed by atoms with E-state index in [-0.39, 0.29) is 17.6 Å². The molecule has 1 aliphatic heterocycles. The molecule has 0 aromatic carbocycles. The summed E-state index contributed by atoms with van der Waals surface area (Å²) in [6.07, 6.45) is 2.44. The molecule has 2 aliphatic rings. The number of thiophene rings is 1. The lowest BCUT2D eigenvalue weighted by molar-refractivity contribution is -0.106. The monoisotopic (exact) mass is 318 g/mol. The summed E-state index contributed by atoms with van der Waals surface area (Å²) in [4.78, 5) is 18.4. The molecular formula is C16H18N2O3S. The SMILES string of the molecule is CC1(C)[C@@H](O)[C@H]2CCN(c3nccc4sc(C(=O)O)cc34)[C@H]21. The minimum absolute atomic E-state index is 0.156. The van der Waals surface area contributed by atoms with Crippen molar-refractivity contribution in [1.29, 1.82) is 0 Å². The maximum Gasteiger partial charge on any atom is 0.345 e. The highest BCUT2D eigenvalue weighted by Crippen LogP contribution is 2.54. The summed E-state index contributed by atoms with van der Waals surface area (Å²) < 4.78 is 0.948. The summed E-state index contributed by atoms with van der Waals surface area (Å²) in [6.45, 7) is 5.04. The Morgan fingerprint density at radius 3 is 3.00 bits per heavy atom. The lowest BCUT2D eigenvalue weighted by Gasteiger charge is -2.55. The van der Waals surface area contributed by atoms with E-state index in [1.54, 1.807) is 12.3 Å². The molecule has 0 spiro atoms. The Labute approximate surface area is 132 Å². The van der Waals surface area contributed by atoms with Crippen LogP contribution < -0.4 is 4.90 Å². The van der Waals surface area contributed by atoms with E-state index in [1.165, 1.54) is 11.3 Å². The molecule has 116 valence electrons. The lowest BCUT2D eigenvalue weighted by atomic mass is 9.58. The molecule has 1 saturated carbocycles. The summed E-state index contributed by atoms with van der Waals surface area (Å²) >= 11 is 1.28. The second-order valence-electron chi connectivity index (χ2n) is 6.82. The standard InChI is InChI=1S/C16H18N2O3S/c1-16(2)12-8(13(16)19)4-6-18(12)14-9-7-11(15(20)21)22-10(9)3-5-17-14/h3,5,7-8,12-13,19H,4,6H2,1-2H3,(H,20,21)/t8-,12+,13-/m0/s1. The molecule has 4 rings (SSSR count). The number of anilines is 1. The van der Waals surface area contributed by atoms with Gasteiger partial charge in [-0.3, -0.25) is 0 Å². The third kappa shape index (κ3) is 1.68. The molecule has 1 saturated heterocycles. The number of rotatable bonds is 2. The number of aliphatic hydroxyl groups is 1. The zero-order chi connectivity index (χ0) is 15.6. The number of fused-ring (bicyclic) bond motifs is 2. The van der Waals surface area contributed by atoms with Crippen molar-refractivity contribution in [1.82, 2.24) is 4.98 Å². The second kappa shape index (κ2) is 4.43. The van der Waals surface area contributed by atoms with Gasteiger partial charge in [-0.15, -0.1) is 11.3 Å². The van der Waals surface area contributed by atoms with Gasteiger partial charge in [-0.2, -0.15) is 0 Å². The molecule has 2 N–H and O–H groups in total. The lowest BCUT2D eigenvalue weighted by Crippen LogP contribution is -2.64. The summed E-state index contributed by atoms with van der Waals surface area (Å²) in [5, 5.41) is 20.4. The molecule has 0 amide bonds. The van der Waals surface area contributed by atoms with Crippen molar-refractivity contribution in [3.63, 3.8) is 0 Å². The van der Waals surface area contributed by atoms with Gasteiger partial charge in [0.15, 0.2) is 0 Å². The van der Waals surface area contributed by atoms with Crippen molar-refractivity contribution >= 4 is 33.2 Å². The number of hydrogen-bond donors (Lipinski definition) is 2. The van der Waals surface area contributed by atoms with Gasteiger partial charge in [0.05, 0.1) is 6.10 Å². The van der Waals surface area contributed by atoms with Gasteiger partial charge in [-0.05, 0) is 18.6 Å². The minimum Gasteiger partial charge on any atom is -0.477 e. The smallest absolute Gasteiger partial charge is 0.345 e. The van der Waals surface area contributed by atoms with E-state index in [0.717, 1.165) is 28.9 Å². The van der Waals surface area contributed by atoms with Gasteiger partial charge in [0.1, 0.15) is 10.7 Å². The predicted octanol–water partition coefficient (Wildman–Crippen LogP) is 2.59. The third-order valence-corrected chi connectivity index (χ3v) is 6.37. The van der Waals surface area contributed by atoms with Crippen molar-refractivity contribution in [2.45, 2.75) is 32.4 Å². The molecule has 0 bridgehead atoms. The number of aromatic carboxylic acids is 1. The fraction of sp³-hybridized carbons (Fsp3) is 0.500.